The molecule has 2 aromatic carbocycles. The van der Waals surface area contributed by atoms with Crippen molar-refractivity contribution in [1.82, 2.24) is 0 Å². The first-order valence-electron chi connectivity index (χ1n) is 10.7. The van der Waals surface area contributed by atoms with Crippen LogP contribution in [0.1, 0.15) is 69.7 Å². The van der Waals surface area contributed by atoms with E-state index in [4.69, 9.17) is 4.74 Å². The lowest BCUT2D eigenvalue weighted by atomic mass is 9.62. The monoisotopic (exact) mass is 402 g/mol. The first-order valence-corrected chi connectivity index (χ1v) is 10.7. The molecule has 0 bridgehead atoms. The number of hydrogen-bond donors (Lipinski definition) is 0. The summed E-state index contributed by atoms with van der Waals surface area (Å²) in [5.41, 5.74) is 9.18. The van der Waals surface area contributed by atoms with Crippen molar-refractivity contribution in [2.75, 3.05) is 7.11 Å². The Balaban J connectivity index is 2.10. The van der Waals surface area contributed by atoms with E-state index in [1.807, 2.05) is 13.0 Å². The normalized spacial score (nSPS) is 17.6. The Kier molecular flexibility index (Phi) is 6.08. The van der Waals surface area contributed by atoms with Crippen LogP contribution >= 0.6 is 0 Å². The van der Waals surface area contributed by atoms with E-state index in [0.717, 1.165) is 11.1 Å². The zero-order valence-electron chi connectivity index (χ0n) is 19.4. The Morgan fingerprint density at radius 3 is 2.20 bits per heavy atom. The number of rotatable bonds is 4. The molecule has 0 aromatic heterocycles. The van der Waals surface area contributed by atoms with Crippen LogP contribution in [-0.4, -0.2) is 13.1 Å². The van der Waals surface area contributed by atoms with E-state index in [1.54, 1.807) is 0 Å². The van der Waals surface area contributed by atoms with Gasteiger partial charge in [-0.3, -0.25) is 0 Å². The van der Waals surface area contributed by atoms with Crippen LogP contribution in [0, 0.1) is 6.92 Å². The van der Waals surface area contributed by atoms with E-state index in [2.05, 4.69) is 77.1 Å². The maximum absolute atomic E-state index is 11.5. The molecule has 0 saturated heterocycles. The molecule has 3 rings (SSSR count). The van der Waals surface area contributed by atoms with Crippen molar-refractivity contribution in [2.45, 2.75) is 65.2 Å². The summed E-state index contributed by atoms with van der Waals surface area (Å²) in [6.07, 6.45) is 7.98. The van der Waals surface area contributed by atoms with Gasteiger partial charge in [0.15, 0.2) is 0 Å². The molecule has 0 N–H and O–H groups in total. The van der Waals surface area contributed by atoms with E-state index >= 15 is 0 Å². The molecule has 0 saturated carbocycles. The predicted octanol–water partition coefficient (Wildman–Crippen LogP) is 7.14. The van der Waals surface area contributed by atoms with Crippen LogP contribution in [0.5, 0.6) is 0 Å². The Hall–Kier alpha value is -2.61. The second-order valence-corrected chi connectivity index (χ2v) is 9.81. The van der Waals surface area contributed by atoms with Gasteiger partial charge in [0, 0.05) is 6.08 Å². The molecular formula is C28H34O2. The van der Waals surface area contributed by atoms with E-state index in [0.29, 0.717) is 0 Å². The van der Waals surface area contributed by atoms with E-state index in [-0.39, 0.29) is 16.8 Å². The van der Waals surface area contributed by atoms with Crippen molar-refractivity contribution in [3.63, 3.8) is 0 Å². The van der Waals surface area contributed by atoms with Gasteiger partial charge in [0.25, 0.3) is 0 Å². The maximum atomic E-state index is 11.5. The van der Waals surface area contributed by atoms with Crippen LogP contribution in [0.15, 0.2) is 54.1 Å². The van der Waals surface area contributed by atoms with Crippen molar-refractivity contribution in [2.24, 2.45) is 0 Å². The Bertz CT molecular complexity index is 1020. The summed E-state index contributed by atoms with van der Waals surface area (Å²) in [7, 11) is 1.40. The van der Waals surface area contributed by atoms with Crippen LogP contribution in [0.3, 0.4) is 0 Å². The number of allylic oxidation sites excluding steroid dienone is 2. The summed E-state index contributed by atoms with van der Waals surface area (Å²) in [5.74, 6) is -0.333. The predicted molar refractivity (Wildman–Crippen MR) is 127 cm³/mol. The highest BCUT2D eigenvalue weighted by Gasteiger charge is 2.37. The van der Waals surface area contributed by atoms with Crippen LogP contribution in [-0.2, 0) is 20.4 Å². The molecule has 0 fully saturated rings. The van der Waals surface area contributed by atoms with Gasteiger partial charge in [-0.15, -0.1) is 0 Å². The summed E-state index contributed by atoms with van der Waals surface area (Å²) in [6, 6.07) is 13.3. The largest absolute Gasteiger partial charge is 0.466 e. The number of aryl methyl sites for hydroxylation is 1. The van der Waals surface area contributed by atoms with E-state index in [9.17, 15) is 4.79 Å². The van der Waals surface area contributed by atoms with Crippen LogP contribution in [0.25, 0.3) is 17.2 Å². The molecule has 1 aliphatic carbocycles. The number of methoxy groups -OCH3 is 1. The molecular weight excluding hydrogens is 368 g/mol. The van der Waals surface area contributed by atoms with Crippen LogP contribution < -0.4 is 0 Å². The summed E-state index contributed by atoms with van der Waals surface area (Å²) in [5, 5.41) is 0. The number of carbonyl (C=O) groups is 1. The number of benzene rings is 2. The highest BCUT2D eigenvalue weighted by molar-refractivity contribution is 5.84. The average molecular weight is 403 g/mol. The number of esters is 1. The quantitative estimate of drug-likeness (QED) is 0.308. The molecule has 0 heterocycles. The fraction of sp³-hybridized carbons (Fsp3) is 0.393. The lowest BCUT2D eigenvalue weighted by Crippen LogP contribution is -2.34. The molecule has 2 aromatic rings. The molecule has 0 aliphatic heterocycles. The van der Waals surface area contributed by atoms with E-state index < -0.39 is 0 Å². The molecule has 2 nitrogen and oxygen atoms in total. The number of carbonyl (C=O) groups excluding carboxylic acids is 1. The third kappa shape index (κ3) is 4.43. The molecule has 0 spiro atoms. The fourth-order valence-corrected chi connectivity index (χ4v) is 4.41. The summed E-state index contributed by atoms with van der Waals surface area (Å²) in [6.45, 7) is 13.6. The molecule has 158 valence electrons. The Morgan fingerprint density at radius 1 is 0.967 bits per heavy atom. The Labute approximate surface area is 181 Å². The third-order valence-corrected chi connectivity index (χ3v) is 6.52. The van der Waals surface area contributed by atoms with Gasteiger partial charge in [0.05, 0.1) is 7.11 Å². The van der Waals surface area contributed by atoms with E-state index in [1.165, 1.54) is 53.8 Å². The number of ether oxygens (including phenoxy) is 1. The van der Waals surface area contributed by atoms with Gasteiger partial charge in [0.2, 0.25) is 0 Å². The fourth-order valence-electron chi connectivity index (χ4n) is 4.41. The molecule has 1 aliphatic rings. The molecule has 0 radical (unpaired) electrons. The van der Waals surface area contributed by atoms with Crippen LogP contribution in [0.4, 0.5) is 0 Å². The van der Waals surface area contributed by atoms with Gasteiger partial charge >= 0.3 is 5.97 Å². The maximum Gasteiger partial charge on any atom is 0.330 e. The SMILES string of the molecule is COC(=O)/C=C(\C)C=Cc1ccccc1-c1cc2c(cc1C)C(C)(C)CCC2(C)C. The lowest BCUT2D eigenvalue weighted by molar-refractivity contribution is -0.134. The summed E-state index contributed by atoms with van der Waals surface area (Å²) in [4.78, 5) is 11.5. The average Bonchev–Trinajstić information content (AvgIpc) is 2.70. The smallest absolute Gasteiger partial charge is 0.330 e. The van der Waals surface area contributed by atoms with Crippen molar-refractivity contribution in [3.05, 3.63) is 76.4 Å². The number of fused-ring (bicyclic) bond motifs is 1. The number of hydrogen-bond acceptors (Lipinski definition) is 2. The van der Waals surface area contributed by atoms with Gasteiger partial charge < -0.3 is 4.74 Å². The minimum Gasteiger partial charge on any atom is -0.466 e. The molecule has 30 heavy (non-hydrogen) atoms. The van der Waals surface area contributed by atoms with Crippen molar-refractivity contribution >= 4 is 12.0 Å². The first-order chi connectivity index (χ1) is 14.0. The highest BCUT2D eigenvalue weighted by atomic mass is 16.5. The van der Waals surface area contributed by atoms with Gasteiger partial charge in [-0.05, 0) is 76.5 Å². The zero-order valence-corrected chi connectivity index (χ0v) is 19.4. The van der Waals surface area contributed by atoms with Gasteiger partial charge in [-0.2, -0.15) is 0 Å². The first kappa shape index (κ1) is 22.1. The van der Waals surface area contributed by atoms with Crippen molar-refractivity contribution < 1.29 is 9.53 Å². The minimum atomic E-state index is -0.333. The third-order valence-electron chi connectivity index (χ3n) is 6.52. The lowest BCUT2D eigenvalue weighted by Gasteiger charge is -2.42. The Morgan fingerprint density at radius 2 is 1.57 bits per heavy atom. The van der Waals surface area contributed by atoms with Crippen molar-refractivity contribution in [3.8, 4) is 11.1 Å². The standard InChI is InChI=1S/C28H34O2/c1-19(16-26(29)30-7)12-13-21-10-8-9-11-22(21)23-18-25-24(17-20(23)2)27(3,4)14-15-28(25,5)6/h8-13,16-18H,14-15H2,1-7H3/b13-12?,19-16+. The molecule has 0 atom stereocenters. The second-order valence-electron chi connectivity index (χ2n) is 9.81. The topological polar surface area (TPSA) is 26.3 Å². The zero-order chi connectivity index (χ0) is 22.1. The van der Waals surface area contributed by atoms with Crippen molar-refractivity contribution in [1.29, 1.82) is 0 Å². The van der Waals surface area contributed by atoms with Gasteiger partial charge in [-0.1, -0.05) is 76.2 Å². The summed E-state index contributed by atoms with van der Waals surface area (Å²) >= 11 is 0. The highest BCUT2D eigenvalue weighted by Crippen LogP contribution is 2.47. The molecule has 0 unspecified atom stereocenters. The second kappa shape index (κ2) is 8.26. The van der Waals surface area contributed by atoms with Gasteiger partial charge in [0.1, 0.15) is 0 Å². The molecule has 2 heteroatoms. The van der Waals surface area contributed by atoms with Gasteiger partial charge in [-0.25, -0.2) is 4.79 Å². The molecule has 0 amide bonds. The summed E-state index contributed by atoms with van der Waals surface area (Å²) < 4.78 is 4.72. The van der Waals surface area contributed by atoms with Crippen LogP contribution in [0.2, 0.25) is 0 Å². The minimum absolute atomic E-state index is 0.178.